The van der Waals surface area contributed by atoms with Crippen molar-refractivity contribution >= 4 is 69.1 Å². The minimum absolute atomic E-state index is 0. The maximum atomic E-state index is 5.77. The van der Waals surface area contributed by atoms with E-state index in [1.807, 2.05) is 6.92 Å². The van der Waals surface area contributed by atoms with E-state index in [-0.39, 0.29) is 29.6 Å². The molecule has 0 aliphatic carbocycles. The third-order valence-electron chi connectivity index (χ3n) is 2.39. The molecule has 5 nitrogen and oxygen atoms in total. The van der Waals surface area contributed by atoms with Gasteiger partial charge in [-0.25, -0.2) is 0 Å². The van der Waals surface area contributed by atoms with Crippen LogP contribution in [0.5, 0.6) is 0 Å². The van der Waals surface area contributed by atoms with E-state index in [1.54, 1.807) is 0 Å². The van der Waals surface area contributed by atoms with Crippen LogP contribution in [0, 0.1) is 0 Å². The summed E-state index contributed by atoms with van der Waals surface area (Å²) < 4.78 is 5.77. The Balaban J connectivity index is 0.00000324. The first-order chi connectivity index (χ1) is 8.43. The topological polar surface area (TPSA) is 59.9 Å². The number of aromatic nitrogens is 3. The molecule has 19 heavy (non-hydrogen) atoms. The zero-order valence-corrected chi connectivity index (χ0v) is 13.8. The molecule has 1 aromatic rings. The predicted molar refractivity (Wildman–Crippen MR) is 88.5 cm³/mol. The number of rotatable bonds is 7. The van der Waals surface area contributed by atoms with Crippen molar-refractivity contribution in [3.8, 4) is 0 Å². The summed E-state index contributed by atoms with van der Waals surface area (Å²) in [7, 11) is -1.49. The van der Waals surface area contributed by atoms with Crippen LogP contribution in [0.4, 0.5) is 5.95 Å². The summed E-state index contributed by atoms with van der Waals surface area (Å²) >= 11 is 8.16. The Bertz CT molecular complexity index is 378. The minimum atomic E-state index is -1.49. The van der Waals surface area contributed by atoms with Gasteiger partial charge in [-0.15, -0.1) is 25.3 Å². The van der Waals surface area contributed by atoms with E-state index in [0.29, 0.717) is 16.3 Å². The molecule has 0 aromatic carbocycles. The van der Waals surface area contributed by atoms with Crippen molar-refractivity contribution in [1.29, 1.82) is 0 Å². The van der Waals surface area contributed by atoms with E-state index in [1.165, 1.54) is 0 Å². The Morgan fingerprint density at radius 3 is 2.26 bits per heavy atom. The second-order valence-corrected chi connectivity index (χ2v) is 9.59. The average molecular weight is 329 g/mol. The third kappa shape index (κ3) is 8.54. The Kier molecular flexibility index (Phi) is 9.94. The molecule has 1 rings (SSSR count). The predicted octanol–water partition coefficient (Wildman–Crippen LogP) is 1.84. The van der Waals surface area contributed by atoms with Gasteiger partial charge in [0.05, 0.1) is 0 Å². The molecule has 1 heterocycles. The van der Waals surface area contributed by atoms with Crippen LogP contribution in [0.15, 0.2) is 10.3 Å². The molecule has 0 fully saturated rings. The molecule has 0 saturated heterocycles. The molecule has 0 unspecified atom stereocenters. The number of nitrogens with one attached hydrogen (secondary N) is 1. The van der Waals surface area contributed by atoms with Crippen molar-refractivity contribution in [2.24, 2.45) is 0 Å². The second-order valence-electron chi connectivity index (χ2n) is 4.48. The van der Waals surface area contributed by atoms with Gasteiger partial charge in [0.2, 0.25) is 5.95 Å². The Labute approximate surface area is 149 Å². The average Bonchev–Trinajstić information content (AvgIpc) is 2.23. The van der Waals surface area contributed by atoms with Crippen molar-refractivity contribution in [1.82, 2.24) is 15.0 Å². The van der Waals surface area contributed by atoms with Gasteiger partial charge >= 0.3 is 29.6 Å². The van der Waals surface area contributed by atoms with E-state index in [4.69, 9.17) is 4.43 Å². The van der Waals surface area contributed by atoms with E-state index in [9.17, 15) is 0 Å². The first kappa shape index (κ1) is 19.7. The standard InChI is InChI=1S/C10H20N4OS2Si.Na.H/c1-4-15-18(2,3)7-5-6-11-8-12-9(16)14-10(17)13-8;;/h4-7H2,1-3H3,(H3,11,12,13,14,16,17);;. The van der Waals surface area contributed by atoms with Crippen LogP contribution in [0.3, 0.4) is 0 Å². The van der Waals surface area contributed by atoms with Crippen molar-refractivity contribution in [3.63, 3.8) is 0 Å². The first-order valence-corrected chi connectivity index (χ1v) is 9.96. The van der Waals surface area contributed by atoms with Gasteiger partial charge in [-0.2, -0.15) is 15.0 Å². The van der Waals surface area contributed by atoms with Crippen LogP contribution in [-0.4, -0.2) is 66.0 Å². The summed E-state index contributed by atoms with van der Waals surface area (Å²) in [5, 5.41) is 3.90. The Morgan fingerprint density at radius 1 is 1.16 bits per heavy atom. The molecular weight excluding hydrogens is 307 g/mol. The third-order valence-corrected chi connectivity index (χ3v) is 5.41. The number of hydrogen-bond acceptors (Lipinski definition) is 7. The molecule has 104 valence electrons. The molecule has 0 aliphatic rings. The van der Waals surface area contributed by atoms with Crippen LogP contribution in [0.25, 0.3) is 0 Å². The van der Waals surface area contributed by atoms with Crippen molar-refractivity contribution in [3.05, 3.63) is 0 Å². The van der Waals surface area contributed by atoms with Crippen LogP contribution in [0.2, 0.25) is 19.1 Å². The second kappa shape index (κ2) is 9.59. The van der Waals surface area contributed by atoms with Crippen molar-refractivity contribution in [2.45, 2.75) is 42.8 Å². The molecule has 0 amide bonds. The number of thiol groups is 2. The van der Waals surface area contributed by atoms with Crippen molar-refractivity contribution in [2.75, 3.05) is 18.5 Å². The van der Waals surface area contributed by atoms with E-state index in [0.717, 1.165) is 25.6 Å². The zero-order valence-electron chi connectivity index (χ0n) is 11.0. The number of hydrogen-bond donors (Lipinski definition) is 3. The monoisotopic (exact) mass is 328 g/mol. The van der Waals surface area contributed by atoms with Gasteiger partial charge in [0.15, 0.2) is 18.6 Å². The Hall–Kier alpha value is 0.687. The molecule has 1 N–H and O–H groups in total. The van der Waals surface area contributed by atoms with E-state index < -0.39 is 8.32 Å². The SMILES string of the molecule is CCO[Si](C)(C)CCCNc1nc(S)nc(S)n1.[NaH]. The molecule has 0 radical (unpaired) electrons. The van der Waals surface area contributed by atoms with Gasteiger partial charge in [-0.05, 0) is 32.5 Å². The summed E-state index contributed by atoms with van der Waals surface area (Å²) in [6, 6.07) is 1.11. The van der Waals surface area contributed by atoms with Gasteiger partial charge in [0.25, 0.3) is 0 Å². The van der Waals surface area contributed by atoms with Crippen LogP contribution >= 0.6 is 25.3 Å². The molecule has 0 bridgehead atoms. The number of nitrogens with zero attached hydrogens (tertiary/aromatic N) is 3. The fourth-order valence-corrected chi connectivity index (χ4v) is 4.02. The van der Waals surface area contributed by atoms with Crippen LogP contribution in [0.1, 0.15) is 13.3 Å². The van der Waals surface area contributed by atoms with Crippen molar-refractivity contribution < 1.29 is 4.43 Å². The molecule has 1 aromatic heterocycles. The quantitative estimate of drug-likeness (QED) is 0.405. The Morgan fingerprint density at radius 2 is 1.74 bits per heavy atom. The van der Waals surface area contributed by atoms with Gasteiger partial charge in [0.1, 0.15) is 0 Å². The fraction of sp³-hybridized carbons (Fsp3) is 0.700. The summed E-state index contributed by atoms with van der Waals surface area (Å²) in [5.41, 5.74) is 0. The summed E-state index contributed by atoms with van der Waals surface area (Å²) in [5.74, 6) is 0.524. The summed E-state index contributed by atoms with van der Waals surface area (Å²) in [6.45, 7) is 8.12. The first-order valence-electron chi connectivity index (χ1n) is 5.95. The molecular formula is C10H21N4NaOS2Si. The van der Waals surface area contributed by atoms with Gasteiger partial charge < -0.3 is 9.74 Å². The number of anilines is 1. The van der Waals surface area contributed by atoms with Gasteiger partial charge in [-0.1, -0.05) is 0 Å². The molecule has 0 saturated carbocycles. The summed E-state index contributed by atoms with van der Waals surface area (Å²) in [4.78, 5) is 12.0. The van der Waals surface area contributed by atoms with Gasteiger partial charge in [0, 0.05) is 13.2 Å². The van der Waals surface area contributed by atoms with Gasteiger partial charge in [-0.3, -0.25) is 0 Å². The fourth-order valence-electron chi connectivity index (χ4n) is 1.61. The molecule has 0 atom stereocenters. The normalized spacial score (nSPS) is 11.0. The maximum absolute atomic E-state index is 5.77. The van der Waals surface area contributed by atoms with Crippen LogP contribution in [-0.2, 0) is 4.43 Å². The molecule has 9 heteroatoms. The van der Waals surface area contributed by atoms with Crippen LogP contribution < -0.4 is 5.32 Å². The molecule has 0 aliphatic heterocycles. The van der Waals surface area contributed by atoms with E-state index in [2.05, 4.69) is 58.6 Å². The summed E-state index contributed by atoms with van der Waals surface area (Å²) in [6.07, 6.45) is 1.04. The van der Waals surface area contributed by atoms with E-state index >= 15 is 0 Å². The zero-order chi connectivity index (χ0) is 13.6. The molecule has 0 spiro atoms.